The molecule has 0 aliphatic rings. The van der Waals surface area contributed by atoms with Gasteiger partial charge in [-0.3, -0.25) is 9.59 Å². The molecule has 0 unspecified atom stereocenters. The Balaban J connectivity index is 1.51. The summed E-state index contributed by atoms with van der Waals surface area (Å²) in [6, 6.07) is 26.7. The molecule has 526 valence electrons. The van der Waals surface area contributed by atoms with Crippen LogP contribution in [-0.4, -0.2) is 11.8 Å². The minimum absolute atomic E-state index is 0.0117. The Labute approximate surface area is 580 Å². The average molecular weight is 1290 g/mol. The lowest BCUT2D eigenvalue weighted by Crippen LogP contribution is -2.25. The number of carbonyl (C=O) groups excluding carboxylic acids is 2. The van der Waals surface area contributed by atoms with Crippen LogP contribution in [-0.2, 0) is 51.6 Å². The summed E-state index contributed by atoms with van der Waals surface area (Å²) in [7, 11) is 0. The van der Waals surface area contributed by atoms with Gasteiger partial charge in [0, 0.05) is 24.2 Å². The number of rotatable bonds is 48. The van der Waals surface area contributed by atoms with Gasteiger partial charge < -0.3 is 10.6 Å². The summed E-state index contributed by atoms with van der Waals surface area (Å²) in [4.78, 5) is 30.2. The van der Waals surface area contributed by atoms with Crippen molar-refractivity contribution in [1.29, 1.82) is 0 Å². The number of nitrogens with one attached hydrogen (secondary N) is 2. The largest absolute Gasteiger partial charge is 0.348 e. The first-order chi connectivity index (χ1) is 44.9. The molecular formula is C90H144N2O2. The van der Waals surface area contributed by atoms with Crippen LogP contribution < -0.4 is 10.6 Å². The third-order valence-electron chi connectivity index (χ3n) is 21.7. The maximum absolute atomic E-state index is 15.1. The highest BCUT2D eigenvalue weighted by Crippen LogP contribution is 2.36. The monoisotopic (exact) mass is 1290 g/mol. The summed E-state index contributed by atoms with van der Waals surface area (Å²) in [5, 5.41) is 11.6. The van der Waals surface area contributed by atoms with Crippen molar-refractivity contribution in [2.45, 2.75) is 330 Å². The van der Waals surface area contributed by atoms with Crippen molar-refractivity contribution in [3.63, 3.8) is 0 Å². The quantitative estimate of drug-likeness (QED) is 0.0381. The molecule has 0 heterocycles. The predicted octanol–water partition coefficient (Wildman–Crippen LogP) is 26.2. The summed E-state index contributed by atoms with van der Waals surface area (Å²) < 4.78 is 0. The van der Waals surface area contributed by atoms with Crippen molar-refractivity contribution in [1.82, 2.24) is 10.6 Å². The molecule has 0 bridgehead atoms. The summed E-state index contributed by atoms with van der Waals surface area (Å²) in [6.45, 7) is 43.8. The van der Waals surface area contributed by atoms with Crippen molar-refractivity contribution < 1.29 is 9.59 Å². The highest BCUT2D eigenvalue weighted by atomic mass is 16.2. The number of hydrogen-bond acceptors (Lipinski definition) is 2. The molecular weight excluding hydrogens is 1140 g/mol. The number of hydrogen-bond donors (Lipinski definition) is 2. The molecule has 4 heteroatoms. The zero-order valence-corrected chi connectivity index (χ0v) is 64.3. The fourth-order valence-electron chi connectivity index (χ4n) is 15.1. The standard InChI is InChI=1S/C90H144N2O2/c1-63(2)29-23-35-69(13)45-51-75-57-79(58-76(52-46-70(14)36-24-30-64(3)4)81(75)55-49-73(17)39-27-33-67(9)10)89(93)91-61-87-83-41-19-21-43-85(83)88(86-44-22-20-42-84(86)87)62-92-90(94)80-59-77(53-47-71(15)37-25-31-65(5)6)82(56-50-74(18)40-28-34-68(11)12)78(60-80)54-48-72(16)38-26-32-66(7)8/h19-22,41-44,57-60,63-74H,23-40,45-56,61-62H2,1-18H3,(H,91,93)(H,92,94)/t69-,70-,71-,72-,73-,74-/m0/s1. The van der Waals surface area contributed by atoms with Crippen LogP contribution in [0.3, 0.4) is 0 Å². The van der Waals surface area contributed by atoms with Crippen molar-refractivity contribution in [2.75, 3.05) is 0 Å². The van der Waals surface area contributed by atoms with Gasteiger partial charge in [-0.05, 0) is 238 Å². The van der Waals surface area contributed by atoms with E-state index in [1.165, 1.54) is 162 Å². The maximum Gasteiger partial charge on any atom is 0.251 e. The molecule has 0 spiro atoms. The van der Waals surface area contributed by atoms with E-state index in [1.807, 2.05) is 0 Å². The highest BCUT2D eigenvalue weighted by Gasteiger charge is 2.23. The van der Waals surface area contributed by atoms with E-state index in [9.17, 15) is 0 Å². The second-order valence-corrected chi connectivity index (χ2v) is 33.8. The number of amides is 2. The molecule has 4 nitrogen and oxygen atoms in total. The van der Waals surface area contributed by atoms with Crippen molar-refractivity contribution in [3.05, 3.63) is 128 Å². The second kappa shape index (κ2) is 43.1. The lowest BCUT2D eigenvalue weighted by molar-refractivity contribution is 0.0942. The lowest BCUT2D eigenvalue weighted by Gasteiger charge is -2.22. The van der Waals surface area contributed by atoms with Gasteiger partial charge in [-0.2, -0.15) is 0 Å². The molecule has 0 radical (unpaired) electrons. The van der Waals surface area contributed by atoms with Crippen LogP contribution in [0.25, 0.3) is 21.5 Å². The minimum Gasteiger partial charge on any atom is -0.348 e. The number of carbonyl (C=O) groups is 2. The van der Waals surface area contributed by atoms with Crippen LogP contribution in [0.5, 0.6) is 0 Å². The number of fused-ring (bicyclic) bond motifs is 2. The van der Waals surface area contributed by atoms with E-state index in [2.05, 4.69) is 208 Å². The van der Waals surface area contributed by atoms with Gasteiger partial charge in [0.05, 0.1) is 0 Å². The van der Waals surface area contributed by atoms with Crippen molar-refractivity contribution in [2.24, 2.45) is 71.0 Å². The number of aryl methyl sites for hydroxylation is 4. The first-order valence-corrected chi connectivity index (χ1v) is 39.6. The summed E-state index contributed by atoms with van der Waals surface area (Å²) in [6.07, 6.45) is 36.4. The molecule has 0 aliphatic carbocycles. The van der Waals surface area contributed by atoms with Crippen LogP contribution in [0.2, 0.25) is 0 Å². The molecule has 2 amide bonds. The van der Waals surface area contributed by atoms with E-state index >= 15 is 9.59 Å². The fourth-order valence-corrected chi connectivity index (χ4v) is 15.1. The minimum atomic E-state index is 0.0117. The highest BCUT2D eigenvalue weighted by molar-refractivity contribution is 6.07. The van der Waals surface area contributed by atoms with E-state index in [-0.39, 0.29) is 11.8 Å². The third kappa shape index (κ3) is 29.3. The fraction of sp³-hybridized carbons (Fsp3) is 0.689. The van der Waals surface area contributed by atoms with E-state index < -0.39 is 0 Å². The van der Waals surface area contributed by atoms with Gasteiger partial charge in [-0.25, -0.2) is 0 Å². The van der Waals surface area contributed by atoms with Gasteiger partial charge in [0.25, 0.3) is 11.8 Å². The van der Waals surface area contributed by atoms with E-state index in [1.54, 1.807) is 0 Å². The topological polar surface area (TPSA) is 58.2 Å². The van der Waals surface area contributed by atoms with Gasteiger partial charge in [0.1, 0.15) is 0 Å². The summed E-state index contributed by atoms with van der Waals surface area (Å²) in [5.74, 6) is 8.37. The zero-order chi connectivity index (χ0) is 68.7. The Morgan fingerprint density at radius 3 is 0.670 bits per heavy atom. The molecule has 94 heavy (non-hydrogen) atoms. The Kier molecular flexibility index (Phi) is 36.8. The molecule has 5 aromatic rings. The SMILES string of the molecule is CC(C)CCC[C@H](C)CCc1cc(C(=O)NCc2c3ccccc3c(CNC(=O)c3cc(CC[C@@H](C)CCCC(C)C)c(CC[C@@H](C)CCCC(C)C)c(CC[C@@H](C)CCCC(C)C)c3)c3ccccc23)cc(CC[C@@H](C)CCCC(C)C)c1CC[C@@H](C)CCCC(C)C. The zero-order valence-electron chi connectivity index (χ0n) is 64.3. The van der Waals surface area contributed by atoms with Gasteiger partial charge in [-0.15, -0.1) is 0 Å². The summed E-state index contributed by atoms with van der Waals surface area (Å²) in [5.41, 5.74) is 12.6. The Morgan fingerprint density at radius 2 is 0.468 bits per heavy atom. The van der Waals surface area contributed by atoms with Crippen LogP contribution in [0.15, 0.2) is 72.8 Å². The van der Waals surface area contributed by atoms with E-state index in [0.29, 0.717) is 48.6 Å². The van der Waals surface area contributed by atoms with Crippen molar-refractivity contribution >= 4 is 33.4 Å². The number of benzene rings is 5. The molecule has 5 aromatic carbocycles. The average Bonchev–Trinajstić information content (AvgIpc) is 0.759. The molecule has 0 saturated heterocycles. The normalized spacial score (nSPS) is 14.1. The third-order valence-corrected chi connectivity index (χ3v) is 21.7. The summed E-state index contributed by atoms with van der Waals surface area (Å²) >= 11 is 0. The second-order valence-electron chi connectivity index (χ2n) is 33.8. The molecule has 0 aromatic heterocycles. The van der Waals surface area contributed by atoms with Gasteiger partial charge >= 0.3 is 0 Å². The lowest BCUT2D eigenvalue weighted by atomic mass is 9.84. The smallest absolute Gasteiger partial charge is 0.251 e. The van der Waals surface area contributed by atoms with Gasteiger partial charge in [0.2, 0.25) is 0 Å². The maximum atomic E-state index is 15.1. The van der Waals surface area contributed by atoms with Gasteiger partial charge in [-0.1, -0.05) is 289 Å². The van der Waals surface area contributed by atoms with Crippen LogP contribution >= 0.6 is 0 Å². The van der Waals surface area contributed by atoms with E-state index in [4.69, 9.17) is 0 Å². The Morgan fingerprint density at radius 1 is 0.266 bits per heavy atom. The first kappa shape index (κ1) is 80.2. The molecule has 2 N–H and O–H groups in total. The van der Waals surface area contributed by atoms with Crippen LogP contribution in [0.1, 0.15) is 344 Å². The first-order valence-electron chi connectivity index (χ1n) is 39.6. The molecule has 5 rings (SSSR count). The van der Waals surface area contributed by atoms with Crippen LogP contribution in [0.4, 0.5) is 0 Å². The van der Waals surface area contributed by atoms with Crippen LogP contribution in [0, 0.1) is 71.0 Å². The Hall–Kier alpha value is -4.44. The molecule has 0 fully saturated rings. The molecule has 6 atom stereocenters. The molecule has 0 saturated carbocycles. The molecule has 0 aliphatic heterocycles. The Bertz CT molecular complexity index is 2610. The van der Waals surface area contributed by atoms with E-state index in [0.717, 1.165) is 144 Å². The van der Waals surface area contributed by atoms with Gasteiger partial charge in [0.15, 0.2) is 0 Å². The predicted molar refractivity (Wildman–Crippen MR) is 414 cm³/mol. The van der Waals surface area contributed by atoms with Crippen molar-refractivity contribution in [3.8, 4) is 0 Å².